The first-order chi connectivity index (χ1) is 6.70. The lowest BCUT2D eigenvalue weighted by Crippen LogP contribution is -2.23. The van der Waals surface area contributed by atoms with Gasteiger partial charge in [-0.15, -0.1) is 0 Å². The van der Waals surface area contributed by atoms with E-state index in [1.54, 1.807) is 0 Å². The van der Waals surface area contributed by atoms with Gasteiger partial charge >= 0.3 is 0 Å². The zero-order valence-corrected chi connectivity index (χ0v) is 9.05. The van der Waals surface area contributed by atoms with Gasteiger partial charge in [-0.25, -0.2) is 0 Å². The molecular formula is C11H14N2S. The maximum atomic E-state index is 5.68. The van der Waals surface area contributed by atoms with Crippen molar-refractivity contribution in [2.45, 2.75) is 18.9 Å². The van der Waals surface area contributed by atoms with Crippen LogP contribution in [0.2, 0.25) is 0 Å². The van der Waals surface area contributed by atoms with Gasteiger partial charge in [0.05, 0.1) is 0 Å². The van der Waals surface area contributed by atoms with Gasteiger partial charge in [-0.1, -0.05) is 24.4 Å². The van der Waals surface area contributed by atoms with Crippen molar-refractivity contribution in [3.05, 3.63) is 29.8 Å². The Hall–Kier alpha value is -1.09. The van der Waals surface area contributed by atoms with Crippen molar-refractivity contribution in [2.75, 3.05) is 11.9 Å². The summed E-state index contributed by atoms with van der Waals surface area (Å²) in [6.07, 6.45) is 2.56. The second kappa shape index (κ2) is 3.58. The molecule has 0 radical (unpaired) electrons. The molecule has 0 spiro atoms. The van der Waals surface area contributed by atoms with Gasteiger partial charge in [0.25, 0.3) is 0 Å². The highest BCUT2D eigenvalue weighted by molar-refractivity contribution is 7.80. The second-order valence-corrected chi connectivity index (χ2v) is 4.16. The van der Waals surface area contributed by atoms with Crippen molar-refractivity contribution in [1.29, 1.82) is 0 Å². The molecule has 0 unspecified atom stereocenters. The summed E-state index contributed by atoms with van der Waals surface area (Å²) < 4.78 is 0. The van der Waals surface area contributed by atoms with Crippen molar-refractivity contribution < 1.29 is 0 Å². The van der Waals surface area contributed by atoms with E-state index in [2.05, 4.69) is 18.0 Å². The summed E-state index contributed by atoms with van der Waals surface area (Å²) >= 11 is 5.03. The maximum absolute atomic E-state index is 5.68. The Kier molecular flexibility index (Phi) is 2.42. The highest BCUT2D eigenvalue weighted by Gasteiger charge is 2.27. The summed E-state index contributed by atoms with van der Waals surface area (Å²) in [6.45, 7) is 0. The first kappa shape index (κ1) is 9.46. The van der Waals surface area contributed by atoms with E-state index in [-0.39, 0.29) is 0 Å². The highest BCUT2D eigenvalue weighted by Crippen LogP contribution is 2.31. The summed E-state index contributed by atoms with van der Waals surface area (Å²) in [5.41, 5.74) is 7.82. The molecule has 1 aromatic rings. The number of nitrogens with zero attached hydrogens (tertiary/aromatic N) is 1. The third-order valence-electron chi connectivity index (χ3n) is 2.64. The van der Waals surface area contributed by atoms with Crippen LogP contribution in [0.4, 0.5) is 5.69 Å². The van der Waals surface area contributed by atoms with E-state index in [4.69, 9.17) is 18.0 Å². The van der Waals surface area contributed by atoms with Crippen LogP contribution in [0.5, 0.6) is 0 Å². The van der Waals surface area contributed by atoms with E-state index in [1.165, 1.54) is 12.8 Å². The van der Waals surface area contributed by atoms with Crippen molar-refractivity contribution in [1.82, 2.24) is 0 Å². The standard InChI is InChI=1S/C11H14N2S/c1-13(8-6-7-8)10-5-3-2-4-9(10)11(12)14/h2-5,8H,6-7H2,1H3,(H2,12,14). The molecule has 0 amide bonds. The SMILES string of the molecule is CN(c1ccccc1C(N)=S)C1CC1. The Bertz CT molecular complexity index is 358. The molecule has 74 valence electrons. The van der Waals surface area contributed by atoms with Crippen LogP contribution >= 0.6 is 12.2 Å². The molecule has 0 saturated heterocycles. The number of thiocarbonyl (C=S) groups is 1. The lowest BCUT2D eigenvalue weighted by molar-refractivity contribution is 0.916. The van der Waals surface area contributed by atoms with Gasteiger partial charge in [-0.05, 0) is 25.0 Å². The number of hydrogen-bond donors (Lipinski definition) is 1. The third kappa shape index (κ3) is 1.73. The molecule has 0 bridgehead atoms. The van der Waals surface area contributed by atoms with Crippen LogP contribution < -0.4 is 10.6 Å². The molecule has 1 aliphatic rings. The average Bonchev–Trinajstić information content (AvgIpc) is 3.00. The fourth-order valence-electron chi connectivity index (χ4n) is 1.65. The van der Waals surface area contributed by atoms with Crippen LogP contribution in [-0.2, 0) is 0 Å². The van der Waals surface area contributed by atoms with E-state index < -0.39 is 0 Å². The normalized spacial score (nSPS) is 15.2. The van der Waals surface area contributed by atoms with Crippen LogP contribution in [0, 0.1) is 0 Å². The number of hydrogen-bond acceptors (Lipinski definition) is 2. The quantitative estimate of drug-likeness (QED) is 0.766. The second-order valence-electron chi connectivity index (χ2n) is 3.72. The summed E-state index contributed by atoms with van der Waals surface area (Å²) in [7, 11) is 2.11. The largest absolute Gasteiger partial charge is 0.389 e. The first-order valence-electron chi connectivity index (χ1n) is 4.82. The Morgan fingerprint density at radius 3 is 2.64 bits per heavy atom. The molecule has 0 heterocycles. The van der Waals surface area contributed by atoms with Crippen LogP contribution in [0.1, 0.15) is 18.4 Å². The Morgan fingerprint density at radius 2 is 2.07 bits per heavy atom. The van der Waals surface area contributed by atoms with Crippen molar-refractivity contribution in [2.24, 2.45) is 5.73 Å². The number of rotatable bonds is 3. The van der Waals surface area contributed by atoms with Crippen molar-refractivity contribution >= 4 is 22.9 Å². The minimum Gasteiger partial charge on any atom is -0.389 e. The van der Waals surface area contributed by atoms with E-state index in [1.807, 2.05) is 18.2 Å². The fraction of sp³-hybridized carbons (Fsp3) is 0.364. The topological polar surface area (TPSA) is 29.3 Å². The van der Waals surface area contributed by atoms with Gasteiger partial charge in [0.2, 0.25) is 0 Å². The Balaban J connectivity index is 2.34. The highest BCUT2D eigenvalue weighted by atomic mass is 32.1. The van der Waals surface area contributed by atoms with Gasteiger partial charge in [0.15, 0.2) is 0 Å². The van der Waals surface area contributed by atoms with Crippen LogP contribution in [0.3, 0.4) is 0 Å². The van der Waals surface area contributed by atoms with Gasteiger partial charge in [0, 0.05) is 24.3 Å². The molecule has 2 N–H and O–H groups in total. The van der Waals surface area contributed by atoms with E-state index >= 15 is 0 Å². The zero-order chi connectivity index (χ0) is 10.1. The van der Waals surface area contributed by atoms with Gasteiger partial charge in [-0.3, -0.25) is 0 Å². The molecular weight excluding hydrogens is 192 g/mol. The van der Waals surface area contributed by atoms with Gasteiger partial charge in [-0.2, -0.15) is 0 Å². The summed E-state index contributed by atoms with van der Waals surface area (Å²) in [4.78, 5) is 2.75. The molecule has 1 fully saturated rings. The van der Waals surface area contributed by atoms with E-state index in [9.17, 15) is 0 Å². The van der Waals surface area contributed by atoms with E-state index in [0.717, 1.165) is 11.3 Å². The number of para-hydroxylation sites is 1. The smallest absolute Gasteiger partial charge is 0.106 e. The van der Waals surface area contributed by atoms with Crippen molar-refractivity contribution in [3.63, 3.8) is 0 Å². The van der Waals surface area contributed by atoms with Crippen LogP contribution in [0.15, 0.2) is 24.3 Å². The van der Waals surface area contributed by atoms with Crippen LogP contribution in [-0.4, -0.2) is 18.1 Å². The lowest BCUT2D eigenvalue weighted by atomic mass is 10.1. The molecule has 3 heteroatoms. The zero-order valence-electron chi connectivity index (χ0n) is 8.23. The summed E-state index contributed by atoms with van der Waals surface area (Å²) in [5, 5.41) is 0. The molecule has 14 heavy (non-hydrogen) atoms. The molecule has 0 aromatic heterocycles. The third-order valence-corrected chi connectivity index (χ3v) is 2.86. The van der Waals surface area contributed by atoms with E-state index in [0.29, 0.717) is 11.0 Å². The van der Waals surface area contributed by atoms with Gasteiger partial charge in [0.1, 0.15) is 4.99 Å². The minimum absolute atomic E-state index is 0.480. The molecule has 2 nitrogen and oxygen atoms in total. The Labute approximate surface area is 89.7 Å². The lowest BCUT2D eigenvalue weighted by Gasteiger charge is -2.21. The number of benzene rings is 1. The summed E-state index contributed by atoms with van der Waals surface area (Å²) in [6, 6.07) is 8.74. The minimum atomic E-state index is 0.480. The Morgan fingerprint density at radius 1 is 1.43 bits per heavy atom. The van der Waals surface area contributed by atoms with Crippen LogP contribution in [0.25, 0.3) is 0 Å². The molecule has 1 aliphatic carbocycles. The fourth-order valence-corrected chi connectivity index (χ4v) is 1.82. The number of anilines is 1. The first-order valence-corrected chi connectivity index (χ1v) is 5.22. The monoisotopic (exact) mass is 206 g/mol. The predicted octanol–water partition coefficient (Wildman–Crippen LogP) is 1.92. The molecule has 0 aliphatic heterocycles. The molecule has 0 atom stereocenters. The maximum Gasteiger partial charge on any atom is 0.106 e. The predicted molar refractivity (Wildman–Crippen MR) is 63.8 cm³/mol. The average molecular weight is 206 g/mol. The molecule has 1 saturated carbocycles. The number of nitrogens with two attached hydrogens (primary N) is 1. The molecule has 2 rings (SSSR count). The van der Waals surface area contributed by atoms with Crippen molar-refractivity contribution in [3.8, 4) is 0 Å². The summed E-state index contributed by atoms with van der Waals surface area (Å²) in [5.74, 6) is 0. The van der Waals surface area contributed by atoms with Gasteiger partial charge < -0.3 is 10.6 Å². The molecule has 1 aromatic carbocycles.